The number of benzene rings is 1. The van der Waals surface area contributed by atoms with Gasteiger partial charge in [0.1, 0.15) is 5.01 Å². The highest BCUT2D eigenvalue weighted by atomic mass is 32.1. The van der Waals surface area contributed by atoms with E-state index in [-0.39, 0.29) is 6.10 Å². The lowest BCUT2D eigenvalue weighted by molar-refractivity contribution is -0.0238. The van der Waals surface area contributed by atoms with Gasteiger partial charge in [0, 0.05) is 13.2 Å². The van der Waals surface area contributed by atoms with Crippen LogP contribution in [0.4, 0.5) is 0 Å². The molecule has 1 aliphatic heterocycles. The number of nitrogens with zero attached hydrogens (tertiary/aromatic N) is 2. The Balaban J connectivity index is 1.40. The Hall–Kier alpha value is -1.05. The molecule has 0 radical (unpaired) electrons. The Bertz CT molecular complexity index is 580. The predicted octanol–water partition coefficient (Wildman–Crippen LogP) is 2.28. The number of rotatable bonds is 8. The topological polar surface area (TPSA) is 54.8 Å². The number of fused-ring (bicyclic) bond motifs is 1. The van der Waals surface area contributed by atoms with Crippen LogP contribution in [0.25, 0.3) is 10.2 Å². The molecule has 0 amide bonds. The number of hydrogen-bond acceptors (Lipinski definition) is 6. The molecular formula is C17H24N2O3S. The predicted molar refractivity (Wildman–Crippen MR) is 91.8 cm³/mol. The first-order valence-electron chi connectivity index (χ1n) is 8.11. The second-order valence-electron chi connectivity index (χ2n) is 6.10. The van der Waals surface area contributed by atoms with Crippen LogP contribution >= 0.6 is 11.3 Å². The maximum absolute atomic E-state index is 10.1. The summed E-state index contributed by atoms with van der Waals surface area (Å²) in [4.78, 5) is 6.70. The van der Waals surface area contributed by atoms with E-state index >= 15 is 0 Å². The normalized spacial score (nSPS) is 19.7. The molecule has 0 aliphatic carbocycles. The molecule has 1 aliphatic rings. The van der Waals surface area contributed by atoms with E-state index in [2.05, 4.69) is 16.0 Å². The third-order valence-electron chi connectivity index (χ3n) is 3.90. The van der Waals surface area contributed by atoms with Crippen LogP contribution in [0.5, 0.6) is 0 Å². The van der Waals surface area contributed by atoms with Gasteiger partial charge in [-0.3, -0.25) is 4.90 Å². The average molecular weight is 336 g/mol. The van der Waals surface area contributed by atoms with Crippen LogP contribution in [0.15, 0.2) is 24.3 Å². The SMILES string of the molecule is CN(Cc1nc2ccccc2s1)C[C@H](O)COC[C@H]1CCCO1. The second-order valence-corrected chi connectivity index (χ2v) is 7.21. The smallest absolute Gasteiger partial charge is 0.108 e. The minimum absolute atomic E-state index is 0.211. The van der Waals surface area contributed by atoms with Gasteiger partial charge in [-0.15, -0.1) is 11.3 Å². The van der Waals surface area contributed by atoms with Crippen molar-refractivity contribution < 1.29 is 14.6 Å². The number of para-hydroxylation sites is 1. The van der Waals surface area contributed by atoms with Gasteiger partial charge in [-0.1, -0.05) is 12.1 Å². The number of hydrogen-bond donors (Lipinski definition) is 1. The molecule has 0 unspecified atom stereocenters. The van der Waals surface area contributed by atoms with E-state index in [0.717, 1.165) is 36.5 Å². The zero-order valence-corrected chi connectivity index (χ0v) is 14.3. The highest BCUT2D eigenvalue weighted by molar-refractivity contribution is 7.18. The van der Waals surface area contributed by atoms with Crippen LogP contribution in [0, 0.1) is 0 Å². The van der Waals surface area contributed by atoms with Crippen LogP contribution in [0.1, 0.15) is 17.8 Å². The van der Waals surface area contributed by atoms with Crippen molar-refractivity contribution in [2.75, 3.05) is 33.4 Å². The maximum Gasteiger partial charge on any atom is 0.108 e. The molecule has 6 heteroatoms. The van der Waals surface area contributed by atoms with Gasteiger partial charge in [-0.05, 0) is 32.0 Å². The quantitative estimate of drug-likeness (QED) is 0.801. The van der Waals surface area contributed by atoms with Gasteiger partial charge in [0.15, 0.2) is 0 Å². The lowest BCUT2D eigenvalue weighted by Crippen LogP contribution is -2.32. The summed E-state index contributed by atoms with van der Waals surface area (Å²) in [6, 6.07) is 8.15. The lowest BCUT2D eigenvalue weighted by atomic mass is 10.2. The summed E-state index contributed by atoms with van der Waals surface area (Å²) in [6.07, 6.45) is 1.90. The third-order valence-corrected chi connectivity index (χ3v) is 4.92. The van der Waals surface area contributed by atoms with Crippen molar-refractivity contribution in [1.29, 1.82) is 0 Å². The van der Waals surface area contributed by atoms with Crippen LogP contribution in [-0.2, 0) is 16.0 Å². The van der Waals surface area contributed by atoms with Crippen molar-refractivity contribution in [3.8, 4) is 0 Å². The van der Waals surface area contributed by atoms with Crippen LogP contribution < -0.4 is 0 Å². The largest absolute Gasteiger partial charge is 0.389 e. The number of thiazole rings is 1. The molecule has 23 heavy (non-hydrogen) atoms. The molecule has 1 fully saturated rings. The van der Waals surface area contributed by atoms with Crippen molar-refractivity contribution in [3.05, 3.63) is 29.3 Å². The van der Waals surface area contributed by atoms with Gasteiger partial charge >= 0.3 is 0 Å². The summed E-state index contributed by atoms with van der Waals surface area (Å²) in [6.45, 7) is 3.08. The molecule has 126 valence electrons. The number of aromatic nitrogens is 1. The zero-order valence-electron chi connectivity index (χ0n) is 13.5. The molecule has 1 aromatic heterocycles. The Kier molecular flexibility index (Phi) is 5.96. The summed E-state index contributed by atoms with van der Waals surface area (Å²) >= 11 is 1.71. The third kappa shape index (κ3) is 4.96. The van der Waals surface area contributed by atoms with Gasteiger partial charge in [0.05, 0.1) is 42.2 Å². The Morgan fingerprint density at radius 2 is 2.35 bits per heavy atom. The van der Waals surface area contributed by atoms with Crippen molar-refractivity contribution in [2.45, 2.75) is 31.6 Å². The fourth-order valence-electron chi connectivity index (χ4n) is 2.81. The molecule has 1 aromatic carbocycles. The molecule has 3 rings (SSSR count). The fourth-order valence-corrected chi connectivity index (χ4v) is 3.85. The molecule has 0 bridgehead atoms. The van der Waals surface area contributed by atoms with E-state index in [1.54, 1.807) is 11.3 Å². The van der Waals surface area contributed by atoms with Gasteiger partial charge < -0.3 is 14.6 Å². The molecule has 2 atom stereocenters. The monoisotopic (exact) mass is 336 g/mol. The number of aliphatic hydroxyl groups excluding tert-OH is 1. The van der Waals surface area contributed by atoms with Crippen LogP contribution in [0.3, 0.4) is 0 Å². The molecule has 2 heterocycles. The highest BCUT2D eigenvalue weighted by Gasteiger charge is 2.17. The first kappa shape index (κ1) is 16.8. The Morgan fingerprint density at radius 1 is 1.48 bits per heavy atom. The minimum atomic E-state index is -0.490. The first-order valence-corrected chi connectivity index (χ1v) is 8.93. The number of likely N-dealkylation sites (N-methyl/N-ethyl adjacent to an activating group) is 1. The Labute approximate surface area is 140 Å². The van der Waals surface area contributed by atoms with Crippen molar-refractivity contribution in [1.82, 2.24) is 9.88 Å². The van der Waals surface area contributed by atoms with Crippen molar-refractivity contribution in [2.24, 2.45) is 0 Å². The molecule has 2 aromatic rings. The standard InChI is InChI=1S/C17H24N2O3S/c1-19(9-13(20)11-21-12-14-5-4-8-22-14)10-17-18-15-6-2-3-7-16(15)23-17/h2-3,6-7,13-14,20H,4-5,8-12H2,1H3/t13-,14+/m0/s1. The molecule has 0 spiro atoms. The second kappa shape index (κ2) is 8.17. The average Bonchev–Trinajstić information content (AvgIpc) is 3.15. The zero-order chi connectivity index (χ0) is 16.1. The lowest BCUT2D eigenvalue weighted by Gasteiger charge is -2.20. The number of aliphatic hydroxyl groups is 1. The van der Waals surface area contributed by atoms with Gasteiger partial charge in [-0.2, -0.15) is 0 Å². The highest BCUT2D eigenvalue weighted by Crippen LogP contribution is 2.22. The summed E-state index contributed by atoms with van der Waals surface area (Å²) in [5, 5.41) is 11.2. The molecule has 5 nitrogen and oxygen atoms in total. The molecule has 1 N–H and O–H groups in total. The van der Waals surface area contributed by atoms with E-state index in [1.807, 2.05) is 25.2 Å². The van der Waals surface area contributed by atoms with Crippen molar-refractivity contribution >= 4 is 21.6 Å². The molecule has 0 saturated carbocycles. The van der Waals surface area contributed by atoms with Crippen LogP contribution in [0.2, 0.25) is 0 Å². The van der Waals surface area contributed by atoms with Gasteiger partial charge in [-0.25, -0.2) is 4.98 Å². The fraction of sp³-hybridized carbons (Fsp3) is 0.588. The van der Waals surface area contributed by atoms with E-state index < -0.39 is 6.10 Å². The maximum atomic E-state index is 10.1. The van der Waals surface area contributed by atoms with E-state index in [1.165, 1.54) is 4.70 Å². The van der Waals surface area contributed by atoms with Gasteiger partial charge in [0.25, 0.3) is 0 Å². The van der Waals surface area contributed by atoms with Crippen molar-refractivity contribution in [3.63, 3.8) is 0 Å². The Morgan fingerprint density at radius 3 is 3.13 bits per heavy atom. The summed E-state index contributed by atoms with van der Waals surface area (Å²) in [7, 11) is 2.00. The van der Waals surface area contributed by atoms with Gasteiger partial charge in [0.2, 0.25) is 0 Å². The number of ether oxygens (including phenoxy) is 2. The minimum Gasteiger partial charge on any atom is -0.389 e. The van der Waals surface area contributed by atoms with Crippen LogP contribution in [-0.4, -0.2) is 60.6 Å². The van der Waals surface area contributed by atoms with E-state index in [4.69, 9.17) is 9.47 Å². The van der Waals surface area contributed by atoms with E-state index in [0.29, 0.717) is 19.8 Å². The first-order chi connectivity index (χ1) is 11.2. The van der Waals surface area contributed by atoms with E-state index in [9.17, 15) is 5.11 Å². The molecular weight excluding hydrogens is 312 g/mol. The molecule has 1 saturated heterocycles. The summed E-state index contributed by atoms with van der Waals surface area (Å²) < 4.78 is 12.3. The summed E-state index contributed by atoms with van der Waals surface area (Å²) in [5.74, 6) is 0. The summed E-state index contributed by atoms with van der Waals surface area (Å²) in [5.41, 5.74) is 1.04.